The lowest BCUT2D eigenvalue weighted by Gasteiger charge is -2.12. The van der Waals surface area contributed by atoms with Gasteiger partial charge in [-0.3, -0.25) is 0 Å². The van der Waals surface area contributed by atoms with Crippen LogP contribution in [-0.4, -0.2) is 33.2 Å². The van der Waals surface area contributed by atoms with E-state index in [9.17, 15) is 0 Å². The van der Waals surface area contributed by atoms with E-state index in [4.69, 9.17) is 4.74 Å². The van der Waals surface area contributed by atoms with E-state index in [0.29, 0.717) is 12.4 Å². The first kappa shape index (κ1) is 16.2. The predicted molar refractivity (Wildman–Crippen MR) is 91.1 cm³/mol. The molecule has 2 aromatic rings. The molecule has 0 aliphatic carbocycles. The molecule has 0 bridgehead atoms. The average molecular weight is 401 g/mol. The molecule has 0 aliphatic heterocycles. The van der Waals surface area contributed by atoms with Gasteiger partial charge in [0.25, 0.3) is 0 Å². The molecular weight excluding hydrogens is 381 g/mol. The summed E-state index contributed by atoms with van der Waals surface area (Å²) in [5.74, 6) is 1.53. The molecule has 114 valence electrons. The van der Waals surface area contributed by atoms with E-state index < -0.39 is 0 Å². The number of imidazole rings is 1. The maximum absolute atomic E-state index is 5.25. The molecule has 2 rings (SSSR count). The van der Waals surface area contributed by atoms with Crippen molar-refractivity contribution in [3.05, 3.63) is 21.8 Å². The number of aromatic nitrogens is 4. The number of hydrogen-bond donors (Lipinski definition) is 1. The smallest absolute Gasteiger partial charge is 0.180 e. The fourth-order valence-electron chi connectivity index (χ4n) is 2.05. The number of halogens is 1. The van der Waals surface area contributed by atoms with Gasteiger partial charge in [-0.05, 0) is 35.9 Å². The second-order valence-electron chi connectivity index (χ2n) is 4.59. The van der Waals surface area contributed by atoms with Gasteiger partial charge in [0.2, 0.25) is 0 Å². The molecular formula is C14H20IN5O. The normalized spacial score (nSPS) is 10.9. The molecule has 7 heteroatoms. The molecule has 0 saturated heterocycles. The van der Waals surface area contributed by atoms with Crippen molar-refractivity contribution < 1.29 is 4.74 Å². The van der Waals surface area contributed by atoms with Crippen molar-refractivity contribution in [2.24, 2.45) is 0 Å². The minimum Gasteiger partial charge on any atom is -0.378 e. The van der Waals surface area contributed by atoms with E-state index in [1.807, 2.05) is 12.5 Å². The Balaban J connectivity index is 2.49. The number of rotatable bonds is 7. The molecule has 0 amide bonds. The Morgan fingerprint density at radius 1 is 1.33 bits per heavy atom. The van der Waals surface area contributed by atoms with Crippen LogP contribution in [0.3, 0.4) is 0 Å². The van der Waals surface area contributed by atoms with Crippen molar-refractivity contribution in [2.75, 3.05) is 19.0 Å². The van der Waals surface area contributed by atoms with E-state index in [0.717, 1.165) is 40.3 Å². The largest absolute Gasteiger partial charge is 0.378 e. The molecule has 0 atom stereocenters. The Bertz CT molecular complexity index is 572. The van der Waals surface area contributed by atoms with Gasteiger partial charge in [0.1, 0.15) is 11.5 Å². The summed E-state index contributed by atoms with van der Waals surface area (Å²) in [5, 5.41) is 3.28. The third-order valence-electron chi connectivity index (χ3n) is 2.95. The minimum absolute atomic E-state index is 0.466. The van der Waals surface area contributed by atoms with Gasteiger partial charge in [-0.15, -0.1) is 0 Å². The number of anilines is 1. The van der Waals surface area contributed by atoms with Gasteiger partial charge >= 0.3 is 0 Å². The van der Waals surface area contributed by atoms with Crippen LogP contribution in [0.15, 0.2) is 12.5 Å². The highest BCUT2D eigenvalue weighted by atomic mass is 127. The monoisotopic (exact) mass is 401 g/mol. The van der Waals surface area contributed by atoms with Gasteiger partial charge in [0.05, 0.1) is 28.4 Å². The van der Waals surface area contributed by atoms with Gasteiger partial charge in [0.15, 0.2) is 5.82 Å². The zero-order valence-corrected chi connectivity index (χ0v) is 14.7. The standard InChI is InChI=1S/C14H20IN5O/c1-4-6-20-9-16-7-11(20)13-18-10(8-21-3)12(15)14(19-13)17-5-2/h7,9H,4-6,8H2,1-3H3,(H,17,18,19). The van der Waals surface area contributed by atoms with Crippen LogP contribution in [-0.2, 0) is 17.9 Å². The molecule has 6 nitrogen and oxygen atoms in total. The van der Waals surface area contributed by atoms with Crippen LogP contribution in [0.25, 0.3) is 11.5 Å². The summed E-state index contributed by atoms with van der Waals surface area (Å²) in [7, 11) is 1.67. The predicted octanol–water partition coefficient (Wildman–Crippen LogP) is 2.93. The maximum atomic E-state index is 5.25. The SMILES string of the molecule is CCCn1cncc1-c1nc(COC)c(I)c(NCC)n1. The molecule has 1 N–H and O–H groups in total. The summed E-state index contributed by atoms with van der Waals surface area (Å²) in [6.07, 6.45) is 4.67. The number of methoxy groups -OCH3 is 1. The average Bonchev–Trinajstić information content (AvgIpc) is 2.92. The van der Waals surface area contributed by atoms with Crippen molar-refractivity contribution in [1.82, 2.24) is 19.5 Å². The third-order valence-corrected chi connectivity index (χ3v) is 4.08. The number of ether oxygens (including phenoxy) is 1. The van der Waals surface area contributed by atoms with Crippen molar-refractivity contribution >= 4 is 28.4 Å². The second-order valence-corrected chi connectivity index (χ2v) is 5.67. The van der Waals surface area contributed by atoms with Crippen LogP contribution >= 0.6 is 22.6 Å². The van der Waals surface area contributed by atoms with E-state index in [1.54, 1.807) is 7.11 Å². The van der Waals surface area contributed by atoms with Gasteiger partial charge in [-0.1, -0.05) is 6.92 Å². The molecule has 0 fully saturated rings. The summed E-state index contributed by atoms with van der Waals surface area (Å²) in [4.78, 5) is 13.5. The van der Waals surface area contributed by atoms with Crippen LogP contribution in [0.4, 0.5) is 5.82 Å². The molecule has 0 aliphatic rings. The summed E-state index contributed by atoms with van der Waals surface area (Å²) >= 11 is 2.26. The first-order valence-electron chi connectivity index (χ1n) is 7.00. The van der Waals surface area contributed by atoms with Gasteiger partial charge < -0.3 is 14.6 Å². The Morgan fingerprint density at radius 2 is 2.14 bits per heavy atom. The number of nitrogens with zero attached hydrogens (tertiary/aromatic N) is 4. The molecule has 0 unspecified atom stereocenters. The second kappa shape index (κ2) is 7.69. The molecule has 21 heavy (non-hydrogen) atoms. The number of hydrogen-bond acceptors (Lipinski definition) is 5. The van der Waals surface area contributed by atoms with Gasteiger partial charge in [-0.2, -0.15) is 0 Å². The Hall–Kier alpha value is -1.22. The van der Waals surface area contributed by atoms with E-state index in [-0.39, 0.29) is 0 Å². The van der Waals surface area contributed by atoms with Crippen molar-refractivity contribution in [1.29, 1.82) is 0 Å². The van der Waals surface area contributed by atoms with Crippen LogP contribution in [0, 0.1) is 3.57 Å². The van der Waals surface area contributed by atoms with Gasteiger partial charge in [0, 0.05) is 20.2 Å². The summed E-state index contributed by atoms with van der Waals surface area (Å²) in [5.41, 5.74) is 1.83. The first-order valence-corrected chi connectivity index (χ1v) is 8.08. The van der Waals surface area contributed by atoms with E-state index >= 15 is 0 Å². The van der Waals surface area contributed by atoms with Crippen molar-refractivity contribution in [3.63, 3.8) is 0 Å². The molecule has 2 aromatic heterocycles. The lowest BCUT2D eigenvalue weighted by atomic mass is 10.3. The fraction of sp³-hybridized carbons (Fsp3) is 0.500. The lowest BCUT2D eigenvalue weighted by molar-refractivity contribution is 0.181. The highest BCUT2D eigenvalue weighted by Crippen LogP contribution is 2.24. The number of aryl methyl sites for hydroxylation is 1. The van der Waals surface area contributed by atoms with Crippen LogP contribution in [0.2, 0.25) is 0 Å². The molecule has 0 saturated carbocycles. The van der Waals surface area contributed by atoms with Crippen LogP contribution in [0.1, 0.15) is 26.0 Å². The van der Waals surface area contributed by atoms with E-state index in [1.165, 1.54) is 0 Å². The zero-order valence-electron chi connectivity index (χ0n) is 12.6. The van der Waals surface area contributed by atoms with Crippen LogP contribution in [0.5, 0.6) is 0 Å². The third kappa shape index (κ3) is 3.70. The summed E-state index contributed by atoms with van der Waals surface area (Å²) < 4.78 is 8.33. The van der Waals surface area contributed by atoms with Crippen molar-refractivity contribution in [3.8, 4) is 11.5 Å². The summed E-state index contributed by atoms with van der Waals surface area (Å²) in [6.45, 7) is 6.37. The van der Waals surface area contributed by atoms with E-state index in [2.05, 4.69) is 61.3 Å². The Kier molecular flexibility index (Phi) is 5.92. The quantitative estimate of drug-likeness (QED) is 0.723. The molecule has 2 heterocycles. The first-order chi connectivity index (χ1) is 10.2. The molecule has 0 radical (unpaired) electrons. The fourth-order valence-corrected chi connectivity index (χ4v) is 2.64. The highest BCUT2D eigenvalue weighted by molar-refractivity contribution is 14.1. The maximum Gasteiger partial charge on any atom is 0.180 e. The van der Waals surface area contributed by atoms with Crippen molar-refractivity contribution in [2.45, 2.75) is 33.4 Å². The Labute approximate surface area is 138 Å². The zero-order chi connectivity index (χ0) is 15.2. The molecule has 0 spiro atoms. The Morgan fingerprint density at radius 3 is 2.81 bits per heavy atom. The topological polar surface area (TPSA) is 64.9 Å². The lowest BCUT2D eigenvalue weighted by Crippen LogP contribution is -2.10. The summed E-state index contributed by atoms with van der Waals surface area (Å²) in [6, 6.07) is 0. The van der Waals surface area contributed by atoms with Gasteiger partial charge in [-0.25, -0.2) is 15.0 Å². The minimum atomic E-state index is 0.466. The highest BCUT2D eigenvalue weighted by Gasteiger charge is 2.15. The molecule has 0 aromatic carbocycles. The van der Waals surface area contributed by atoms with Crippen LogP contribution < -0.4 is 5.32 Å². The number of nitrogens with one attached hydrogen (secondary N) is 1.